The Labute approximate surface area is 100 Å². The molecule has 0 bridgehead atoms. The molecule has 1 aliphatic carbocycles. The van der Waals surface area contributed by atoms with E-state index in [1.165, 1.54) is 0 Å². The third kappa shape index (κ3) is 2.85. The molecule has 17 heavy (non-hydrogen) atoms. The predicted molar refractivity (Wildman–Crippen MR) is 60.7 cm³/mol. The highest BCUT2D eigenvalue weighted by Gasteiger charge is 2.39. The van der Waals surface area contributed by atoms with E-state index in [-0.39, 0.29) is 12.4 Å². The van der Waals surface area contributed by atoms with Crippen molar-refractivity contribution in [3.63, 3.8) is 0 Å². The number of sulfonamides is 1. The van der Waals surface area contributed by atoms with Gasteiger partial charge in [-0.1, -0.05) is 5.16 Å². The smallest absolute Gasteiger partial charge is 0.218 e. The molecule has 0 radical (unpaired) electrons. The van der Waals surface area contributed by atoms with Gasteiger partial charge < -0.3 is 9.63 Å². The molecule has 7 heteroatoms. The SMILES string of the molecule is Cc1cc(CS(=O)(=O)NC2(CO)CCC2)no1. The van der Waals surface area contributed by atoms with Gasteiger partial charge in [0.1, 0.15) is 17.2 Å². The van der Waals surface area contributed by atoms with Crippen LogP contribution in [0, 0.1) is 6.92 Å². The zero-order valence-corrected chi connectivity index (χ0v) is 10.5. The van der Waals surface area contributed by atoms with E-state index in [1.54, 1.807) is 13.0 Å². The third-order valence-corrected chi connectivity index (χ3v) is 4.42. The second-order valence-corrected chi connectivity index (χ2v) is 6.30. The van der Waals surface area contributed by atoms with Crippen molar-refractivity contribution in [2.75, 3.05) is 6.61 Å². The van der Waals surface area contributed by atoms with Crippen LogP contribution >= 0.6 is 0 Å². The summed E-state index contributed by atoms with van der Waals surface area (Å²) in [6.45, 7) is 1.54. The van der Waals surface area contributed by atoms with Gasteiger partial charge in [0.05, 0.1) is 12.1 Å². The van der Waals surface area contributed by atoms with Crippen LogP contribution < -0.4 is 4.72 Å². The summed E-state index contributed by atoms with van der Waals surface area (Å²) in [5.41, 5.74) is -0.278. The number of rotatable bonds is 5. The first kappa shape index (κ1) is 12.5. The molecule has 0 amide bonds. The fourth-order valence-electron chi connectivity index (χ4n) is 1.94. The summed E-state index contributed by atoms with van der Waals surface area (Å²) in [4.78, 5) is 0. The van der Waals surface area contributed by atoms with Gasteiger partial charge in [-0.05, 0) is 26.2 Å². The first-order chi connectivity index (χ1) is 7.95. The highest BCUT2D eigenvalue weighted by atomic mass is 32.2. The van der Waals surface area contributed by atoms with E-state index < -0.39 is 15.6 Å². The lowest BCUT2D eigenvalue weighted by Crippen LogP contribution is -2.56. The Morgan fingerprint density at radius 2 is 2.29 bits per heavy atom. The maximum absolute atomic E-state index is 11.9. The van der Waals surface area contributed by atoms with Crippen molar-refractivity contribution in [2.24, 2.45) is 0 Å². The molecule has 1 saturated carbocycles. The van der Waals surface area contributed by atoms with Crippen molar-refractivity contribution in [2.45, 2.75) is 37.5 Å². The van der Waals surface area contributed by atoms with Gasteiger partial charge in [0, 0.05) is 6.07 Å². The largest absolute Gasteiger partial charge is 0.394 e. The molecular formula is C10H16N2O4S. The first-order valence-electron chi connectivity index (χ1n) is 5.49. The van der Waals surface area contributed by atoms with Crippen molar-refractivity contribution in [1.82, 2.24) is 9.88 Å². The lowest BCUT2D eigenvalue weighted by molar-refractivity contribution is 0.110. The van der Waals surface area contributed by atoms with Crippen molar-refractivity contribution in [3.8, 4) is 0 Å². The van der Waals surface area contributed by atoms with Crippen LogP contribution in [0.5, 0.6) is 0 Å². The lowest BCUT2D eigenvalue weighted by atomic mass is 9.78. The molecule has 0 aliphatic heterocycles. The molecule has 0 aromatic carbocycles. The third-order valence-electron chi connectivity index (χ3n) is 3.00. The summed E-state index contributed by atoms with van der Waals surface area (Å²) in [6.07, 6.45) is 2.30. The standard InChI is InChI=1S/C10H16N2O4S/c1-8-5-9(11-16-8)6-17(14,15)12-10(7-13)3-2-4-10/h5,12-13H,2-4,6-7H2,1H3. The molecule has 1 heterocycles. The van der Waals surface area contributed by atoms with Gasteiger partial charge in [-0.25, -0.2) is 13.1 Å². The summed E-state index contributed by atoms with van der Waals surface area (Å²) in [5, 5.41) is 12.9. The average Bonchev–Trinajstić information content (AvgIpc) is 2.57. The van der Waals surface area contributed by atoms with Gasteiger partial charge >= 0.3 is 0 Å². The number of nitrogens with one attached hydrogen (secondary N) is 1. The Morgan fingerprint density at radius 3 is 2.71 bits per heavy atom. The lowest BCUT2D eigenvalue weighted by Gasteiger charge is -2.40. The summed E-state index contributed by atoms with van der Waals surface area (Å²) in [6, 6.07) is 1.59. The molecule has 0 atom stereocenters. The minimum atomic E-state index is -3.48. The van der Waals surface area contributed by atoms with Crippen LogP contribution in [-0.4, -0.2) is 30.8 Å². The number of hydrogen-bond acceptors (Lipinski definition) is 5. The number of nitrogens with zero attached hydrogens (tertiary/aromatic N) is 1. The van der Waals surface area contributed by atoms with Crippen LogP contribution in [0.15, 0.2) is 10.6 Å². The summed E-state index contributed by atoms with van der Waals surface area (Å²) in [5.74, 6) is 0.363. The number of aromatic nitrogens is 1. The Balaban J connectivity index is 2.04. The van der Waals surface area contributed by atoms with Crippen LogP contribution in [0.1, 0.15) is 30.7 Å². The molecule has 0 saturated heterocycles. The minimum Gasteiger partial charge on any atom is -0.394 e. The summed E-state index contributed by atoms with van der Waals surface area (Å²) < 4.78 is 31.1. The zero-order valence-electron chi connectivity index (χ0n) is 9.64. The van der Waals surface area contributed by atoms with Crippen LogP contribution in [-0.2, 0) is 15.8 Å². The van der Waals surface area contributed by atoms with Crippen molar-refractivity contribution in [1.29, 1.82) is 0 Å². The van der Waals surface area contributed by atoms with Crippen LogP contribution in [0.2, 0.25) is 0 Å². The Morgan fingerprint density at radius 1 is 1.59 bits per heavy atom. The Bertz CT molecular complexity index is 485. The highest BCUT2D eigenvalue weighted by Crippen LogP contribution is 2.32. The topological polar surface area (TPSA) is 92.4 Å². The predicted octanol–water partition coefficient (Wildman–Crippen LogP) is 0.317. The second kappa shape index (κ2) is 4.40. The van der Waals surface area contributed by atoms with Crippen LogP contribution in [0.4, 0.5) is 0 Å². The van der Waals surface area contributed by atoms with E-state index in [0.717, 1.165) is 6.42 Å². The molecule has 96 valence electrons. The molecule has 0 spiro atoms. The Kier molecular flexibility index (Phi) is 3.24. The van der Waals surface area contributed by atoms with E-state index in [4.69, 9.17) is 4.52 Å². The number of aliphatic hydroxyl groups is 1. The molecule has 1 aromatic heterocycles. The molecule has 1 aliphatic rings. The van der Waals surface area contributed by atoms with Crippen molar-refractivity contribution < 1.29 is 18.0 Å². The van der Waals surface area contributed by atoms with E-state index in [0.29, 0.717) is 24.3 Å². The fourth-order valence-corrected chi connectivity index (χ4v) is 3.47. The maximum Gasteiger partial charge on any atom is 0.218 e. The van der Waals surface area contributed by atoms with Crippen molar-refractivity contribution >= 4 is 10.0 Å². The second-order valence-electron chi connectivity index (χ2n) is 4.58. The molecule has 1 aromatic rings. The van der Waals surface area contributed by atoms with E-state index in [1.807, 2.05) is 0 Å². The molecular weight excluding hydrogens is 244 g/mol. The van der Waals surface area contributed by atoms with Gasteiger partial charge in [0.25, 0.3) is 0 Å². The molecule has 1 fully saturated rings. The zero-order chi connectivity index (χ0) is 12.5. The quantitative estimate of drug-likeness (QED) is 0.795. The number of hydrogen-bond donors (Lipinski definition) is 2. The maximum atomic E-state index is 11.9. The fraction of sp³-hybridized carbons (Fsp3) is 0.700. The van der Waals surface area contributed by atoms with Gasteiger partial charge in [-0.2, -0.15) is 0 Å². The first-order valence-corrected chi connectivity index (χ1v) is 7.15. The summed E-state index contributed by atoms with van der Waals surface area (Å²) in [7, 11) is -3.48. The van der Waals surface area contributed by atoms with Gasteiger partial charge in [0.2, 0.25) is 10.0 Å². The van der Waals surface area contributed by atoms with Gasteiger partial charge in [0.15, 0.2) is 0 Å². The van der Waals surface area contributed by atoms with Gasteiger partial charge in [-0.15, -0.1) is 0 Å². The monoisotopic (exact) mass is 260 g/mol. The molecule has 2 N–H and O–H groups in total. The van der Waals surface area contributed by atoms with Gasteiger partial charge in [-0.3, -0.25) is 0 Å². The van der Waals surface area contributed by atoms with E-state index in [9.17, 15) is 13.5 Å². The van der Waals surface area contributed by atoms with Crippen LogP contribution in [0.25, 0.3) is 0 Å². The normalized spacial score (nSPS) is 18.9. The van der Waals surface area contributed by atoms with E-state index in [2.05, 4.69) is 9.88 Å². The minimum absolute atomic E-state index is 0.163. The summed E-state index contributed by atoms with van der Waals surface area (Å²) >= 11 is 0. The van der Waals surface area contributed by atoms with Crippen LogP contribution in [0.3, 0.4) is 0 Å². The molecule has 6 nitrogen and oxygen atoms in total. The molecule has 0 unspecified atom stereocenters. The number of aliphatic hydroxyl groups excluding tert-OH is 1. The highest BCUT2D eigenvalue weighted by molar-refractivity contribution is 7.88. The van der Waals surface area contributed by atoms with E-state index >= 15 is 0 Å². The van der Waals surface area contributed by atoms with Crippen molar-refractivity contribution in [3.05, 3.63) is 17.5 Å². The average molecular weight is 260 g/mol. The number of aryl methyl sites for hydroxylation is 1. The Hall–Kier alpha value is -0.920. The molecule has 2 rings (SSSR count).